The molecule has 226 valence electrons. The van der Waals surface area contributed by atoms with E-state index in [0.717, 1.165) is 23.3 Å². The van der Waals surface area contributed by atoms with Crippen molar-refractivity contribution in [2.45, 2.75) is 70.7 Å². The minimum Gasteiger partial charge on any atom is -0.350 e. The molecule has 3 rings (SSSR count). The largest absolute Gasteiger partial charge is 0.416 e. The van der Waals surface area contributed by atoms with Crippen molar-refractivity contribution in [2.24, 2.45) is 0 Å². The lowest BCUT2D eigenvalue weighted by atomic mass is 10.1. The van der Waals surface area contributed by atoms with Crippen LogP contribution in [-0.2, 0) is 32.3 Å². The smallest absolute Gasteiger partial charge is 0.350 e. The standard InChI is InChI=1S/C31H36F3N3O4S/c1-21-10-14-24(15-11-21)19-36(23(3)29(39)35-30(4,5)6)28(38)20-37(26-9-7-8-25(18-26)31(32,33)34)42(40,41)27-16-12-22(2)13-17-27/h7-18,23H,19-20H2,1-6H3,(H,35,39)/t23-/m0/s1. The number of aryl methyl sites for hydroxylation is 2. The molecule has 0 radical (unpaired) electrons. The summed E-state index contributed by atoms with van der Waals surface area (Å²) in [5.74, 6) is -1.23. The third-order valence-electron chi connectivity index (χ3n) is 6.49. The first-order chi connectivity index (χ1) is 19.4. The molecule has 3 aromatic rings. The van der Waals surface area contributed by atoms with Gasteiger partial charge in [-0.1, -0.05) is 53.6 Å². The predicted molar refractivity (Wildman–Crippen MR) is 156 cm³/mol. The van der Waals surface area contributed by atoms with Crippen LogP contribution in [-0.4, -0.2) is 43.3 Å². The second-order valence-corrected chi connectivity index (χ2v) is 13.2. The number of rotatable bonds is 9. The molecule has 0 heterocycles. The van der Waals surface area contributed by atoms with Crippen LogP contribution in [0.2, 0.25) is 0 Å². The topological polar surface area (TPSA) is 86.8 Å². The number of alkyl halides is 3. The number of halogens is 3. The van der Waals surface area contributed by atoms with Gasteiger partial charge in [0.05, 0.1) is 16.1 Å². The molecule has 7 nitrogen and oxygen atoms in total. The third-order valence-corrected chi connectivity index (χ3v) is 8.28. The van der Waals surface area contributed by atoms with Crippen molar-refractivity contribution in [3.8, 4) is 0 Å². The fraction of sp³-hybridized carbons (Fsp3) is 0.355. The number of carbonyl (C=O) groups excluding carboxylic acids is 2. The Kier molecular flexibility index (Phi) is 9.77. The van der Waals surface area contributed by atoms with E-state index in [4.69, 9.17) is 0 Å². The highest BCUT2D eigenvalue weighted by Crippen LogP contribution is 2.33. The number of anilines is 1. The van der Waals surface area contributed by atoms with Gasteiger partial charge in [-0.15, -0.1) is 0 Å². The molecule has 0 fully saturated rings. The predicted octanol–water partition coefficient (Wildman–Crippen LogP) is 5.85. The zero-order valence-electron chi connectivity index (χ0n) is 24.5. The number of hydrogen-bond acceptors (Lipinski definition) is 4. The maximum absolute atomic E-state index is 13.9. The average molecular weight is 604 g/mol. The molecule has 0 aliphatic heterocycles. The number of sulfonamides is 1. The normalized spacial score (nSPS) is 12.9. The minimum atomic E-state index is -4.74. The van der Waals surface area contributed by atoms with Crippen LogP contribution in [0.15, 0.2) is 77.7 Å². The molecule has 0 saturated heterocycles. The zero-order chi connectivity index (χ0) is 31.5. The lowest BCUT2D eigenvalue weighted by molar-refractivity contribution is -0.140. The maximum Gasteiger partial charge on any atom is 0.416 e. The Morgan fingerprint density at radius 1 is 0.881 bits per heavy atom. The minimum absolute atomic E-state index is 0.0289. The van der Waals surface area contributed by atoms with Gasteiger partial charge >= 0.3 is 6.18 Å². The molecular weight excluding hydrogens is 567 g/mol. The van der Waals surface area contributed by atoms with Crippen molar-refractivity contribution in [3.63, 3.8) is 0 Å². The maximum atomic E-state index is 13.9. The molecule has 0 aromatic heterocycles. The molecule has 0 spiro atoms. The van der Waals surface area contributed by atoms with E-state index in [9.17, 15) is 31.2 Å². The molecular formula is C31H36F3N3O4S. The summed E-state index contributed by atoms with van der Waals surface area (Å²) in [5.41, 5.74) is 0.444. The van der Waals surface area contributed by atoms with Crippen molar-refractivity contribution in [3.05, 3.63) is 95.1 Å². The summed E-state index contributed by atoms with van der Waals surface area (Å²) in [5, 5.41) is 2.83. The molecule has 0 unspecified atom stereocenters. The van der Waals surface area contributed by atoms with Crippen LogP contribution in [0.25, 0.3) is 0 Å². The first-order valence-electron chi connectivity index (χ1n) is 13.3. The second kappa shape index (κ2) is 12.6. The fourth-order valence-electron chi connectivity index (χ4n) is 4.15. The van der Waals surface area contributed by atoms with Crippen molar-refractivity contribution in [1.82, 2.24) is 10.2 Å². The molecule has 2 amide bonds. The molecule has 1 N–H and O–H groups in total. The van der Waals surface area contributed by atoms with Crippen LogP contribution in [0.1, 0.15) is 49.9 Å². The van der Waals surface area contributed by atoms with E-state index in [0.29, 0.717) is 15.9 Å². The highest BCUT2D eigenvalue weighted by atomic mass is 32.2. The van der Waals surface area contributed by atoms with E-state index in [1.807, 2.05) is 19.1 Å². The van der Waals surface area contributed by atoms with Crippen LogP contribution in [0.5, 0.6) is 0 Å². The Hall–Kier alpha value is -3.86. The van der Waals surface area contributed by atoms with E-state index >= 15 is 0 Å². The molecule has 42 heavy (non-hydrogen) atoms. The van der Waals surface area contributed by atoms with Crippen LogP contribution in [0, 0.1) is 13.8 Å². The Morgan fingerprint density at radius 3 is 1.95 bits per heavy atom. The zero-order valence-corrected chi connectivity index (χ0v) is 25.3. The van der Waals surface area contributed by atoms with Crippen LogP contribution >= 0.6 is 0 Å². The average Bonchev–Trinajstić information content (AvgIpc) is 2.89. The highest BCUT2D eigenvalue weighted by Gasteiger charge is 2.35. The fourth-order valence-corrected chi connectivity index (χ4v) is 5.56. The van der Waals surface area contributed by atoms with Gasteiger partial charge in [0, 0.05) is 12.1 Å². The molecule has 3 aromatic carbocycles. The monoisotopic (exact) mass is 603 g/mol. The second-order valence-electron chi connectivity index (χ2n) is 11.3. The number of benzene rings is 3. The van der Waals surface area contributed by atoms with Crippen molar-refractivity contribution in [2.75, 3.05) is 10.8 Å². The summed E-state index contributed by atoms with van der Waals surface area (Å²) in [6, 6.07) is 15.8. The quantitative estimate of drug-likeness (QED) is 0.333. The summed E-state index contributed by atoms with van der Waals surface area (Å²) < 4.78 is 69.1. The van der Waals surface area contributed by atoms with Gasteiger partial charge < -0.3 is 10.2 Å². The lowest BCUT2D eigenvalue weighted by Crippen LogP contribution is -2.54. The molecule has 0 aliphatic rings. The number of nitrogens with one attached hydrogen (secondary N) is 1. The van der Waals surface area contributed by atoms with Crippen molar-refractivity contribution >= 4 is 27.5 Å². The Labute approximate surface area is 245 Å². The van der Waals surface area contributed by atoms with Gasteiger partial charge in [0.2, 0.25) is 11.8 Å². The molecule has 0 aliphatic carbocycles. The highest BCUT2D eigenvalue weighted by molar-refractivity contribution is 7.92. The Bertz CT molecular complexity index is 1510. The van der Waals surface area contributed by atoms with Gasteiger partial charge in [0.1, 0.15) is 12.6 Å². The molecule has 11 heteroatoms. The summed E-state index contributed by atoms with van der Waals surface area (Å²) in [7, 11) is -4.50. The van der Waals surface area contributed by atoms with Crippen molar-refractivity contribution in [1.29, 1.82) is 0 Å². The first-order valence-corrected chi connectivity index (χ1v) is 14.8. The van der Waals surface area contributed by atoms with Gasteiger partial charge in [0.25, 0.3) is 10.0 Å². The van der Waals surface area contributed by atoms with Gasteiger partial charge in [-0.25, -0.2) is 8.42 Å². The summed E-state index contributed by atoms with van der Waals surface area (Å²) in [6.07, 6.45) is -4.74. The molecule has 0 bridgehead atoms. The Balaban J connectivity index is 2.10. The van der Waals surface area contributed by atoms with E-state index in [2.05, 4.69) is 5.32 Å². The van der Waals surface area contributed by atoms with Crippen LogP contribution in [0.4, 0.5) is 18.9 Å². The summed E-state index contributed by atoms with van der Waals surface area (Å²) in [6.45, 7) is 9.67. The number of nitrogens with zero attached hydrogens (tertiary/aromatic N) is 2. The van der Waals surface area contributed by atoms with Gasteiger partial charge in [-0.2, -0.15) is 13.2 Å². The van der Waals surface area contributed by atoms with Gasteiger partial charge in [-0.3, -0.25) is 13.9 Å². The van der Waals surface area contributed by atoms with Crippen molar-refractivity contribution < 1.29 is 31.2 Å². The van der Waals surface area contributed by atoms with E-state index in [1.165, 1.54) is 30.0 Å². The van der Waals surface area contributed by atoms with E-state index < -0.39 is 51.7 Å². The van der Waals surface area contributed by atoms with E-state index in [-0.39, 0.29) is 17.1 Å². The molecule has 0 saturated carbocycles. The third kappa shape index (κ3) is 8.34. The SMILES string of the molecule is Cc1ccc(CN(C(=O)CN(c2cccc(C(F)(F)F)c2)S(=O)(=O)c2ccc(C)cc2)[C@@H](C)C(=O)NC(C)(C)C)cc1. The van der Waals surface area contributed by atoms with Crippen LogP contribution < -0.4 is 9.62 Å². The molecule has 1 atom stereocenters. The Morgan fingerprint density at radius 2 is 1.43 bits per heavy atom. The lowest BCUT2D eigenvalue weighted by Gasteiger charge is -2.33. The van der Waals surface area contributed by atoms with Crippen LogP contribution in [0.3, 0.4) is 0 Å². The first kappa shape index (κ1) is 32.7. The summed E-state index contributed by atoms with van der Waals surface area (Å²) in [4.78, 5) is 28.1. The number of amides is 2. The number of hydrogen-bond donors (Lipinski definition) is 1. The summed E-state index contributed by atoms with van der Waals surface area (Å²) >= 11 is 0. The van der Waals surface area contributed by atoms with E-state index in [1.54, 1.807) is 52.0 Å². The number of carbonyl (C=O) groups is 2. The van der Waals surface area contributed by atoms with Gasteiger partial charge in [0.15, 0.2) is 0 Å². The van der Waals surface area contributed by atoms with Gasteiger partial charge in [-0.05, 0) is 77.4 Å².